The number of carbonyl (C=O) groups is 1. The van der Waals surface area contributed by atoms with Gasteiger partial charge in [0.15, 0.2) is 0 Å². The second-order valence-corrected chi connectivity index (χ2v) is 4.99. The minimum absolute atomic E-state index is 0.183. The monoisotopic (exact) mass is 286 g/mol. The number of rotatable bonds is 3. The standard InChI is InChI=1S/C11H7Cl2NO2S/c12-8-2-1-6(3-9(8)13)11-14-7(5-17-11)4-10(15)16/h1-3,5H,4H2,(H,15,16)/p-1. The quantitative estimate of drug-likeness (QED) is 0.871. The summed E-state index contributed by atoms with van der Waals surface area (Å²) in [5.41, 5.74) is 1.30. The molecule has 1 aromatic carbocycles. The van der Waals surface area contributed by atoms with E-state index in [0.29, 0.717) is 20.7 Å². The van der Waals surface area contributed by atoms with Gasteiger partial charge in [-0.3, -0.25) is 0 Å². The third-order valence-corrected chi connectivity index (χ3v) is 3.72. The molecule has 0 aliphatic heterocycles. The Balaban J connectivity index is 2.30. The molecule has 0 unspecified atom stereocenters. The average Bonchev–Trinajstić information content (AvgIpc) is 2.69. The predicted octanol–water partition coefficient (Wildman–Crippen LogP) is 2.41. The molecule has 1 aromatic heterocycles. The SMILES string of the molecule is O=C([O-])Cc1csc(-c2ccc(Cl)c(Cl)c2)n1. The number of thiazole rings is 1. The first-order chi connectivity index (χ1) is 8.06. The van der Waals surface area contributed by atoms with Crippen LogP contribution < -0.4 is 5.11 Å². The first kappa shape index (κ1) is 12.4. The Hall–Kier alpha value is -1.10. The summed E-state index contributed by atoms with van der Waals surface area (Å²) in [6.07, 6.45) is -0.183. The molecular formula is C11H6Cl2NO2S-. The molecule has 0 fully saturated rings. The van der Waals surface area contributed by atoms with Crippen LogP contribution in [-0.4, -0.2) is 11.0 Å². The van der Waals surface area contributed by atoms with Crippen LogP contribution in [0.1, 0.15) is 5.69 Å². The van der Waals surface area contributed by atoms with Gasteiger partial charge < -0.3 is 9.90 Å². The van der Waals surface area contributed by atoms with E-state index >= 15 is 0 Å². The van der Waals surface area contributed by atoms with Crippen molar-refractivity contribution in [2.45, 2.75) is 6.42 Å². The highest BCUT2D eigenvalue weighted by Crippen LogP contribution is 2.30. The second kappa shape index (κ2) is 5.04. The zero-order valence-corrected chi connectivity index (χ0v) is 10.8. The van der Waals surface area contributed by atoms with Gasteiger partial charge >= 0.3 is 0 Å². The summed E-state index contributed by atoms with van der Waals surface area (Å²) < 4.78 is 0. The lowest BCUT2D eigenvalue weighted by Crippen LogP contribution is -2.24. The number of carbonyl (C=O) groups excluding carboxylic acids is 1. The van der Waals surface area contributed by atoms with Gasteiger partial charge in [0.25, 0.3) is 0 Å². The topological polar surface area (TPSA) is 53.0 Å². The summed E-state index contributed by atoms with van der Waals surface area (Å²) in [5.74, 6) is -1.14. The average molecular weight is 287 g/mol. The molecule has 0 N–H and O–H groups in total. The number of nitrogens with zero attached hydrogens (tertiary/aromatic N) is 1. The third-order valence-electron chi connectivity index (χ3n) is 2.04. The minimum atomic E-state index is -1.14. The van der Waals surface area contributed by atoms with Crippen molar-refractivity contribution in [1.29, 1.82) is 0 Å². The number of carboxylic acid groups (broad SMARTS) is 1. The van der Waals surface area contributed by atoms with Crippen molar-refractivity contribution >= 4 is 40.5 Å². The Morgan fingerprint density at radius 2 is 2.12 bits per heavy atom. The van der Waals surface area contributed by atoms with Gasteiger partial charge in [0.05, 0.1) is 15.7 Å². The van der Waals surface area contributed by atoms with E-state index in [4.69, 9.17) is 23.2 Å². The fourth-order valence-electron chi connectivity index (χ4n) is 1.30. The first-order valence-electron chi connectivity index (χ1n) is 4.66. The van der Waals surface area contributed by atoms with Gasteiger partial charge in [0.1, 0.15) is 5.01 Å². The van der Waals surface area contributed by atoms with Gasteiger partial charge in [-0.1, -0.05) is 29.3 Å². The number of carboxylic acids is 1. The number of hydrogen-bond acceptors (Lipinski definition) is 4. The molecule has 0 atom stereocenters. The van der Waals surface area contributed by atoms with Crippen LogP contribution in [0.2, 0.25) is 10.0 Å². The van der Waals surface area contributed by atoms with Gasteiger partial charge in [-0.25, -0.2) is 4.98 Å². The molecule has 1 heterocycles. The van der Waals surface area contributed by atoms with Crippen LogP contribution in [0.15, 0.2) is 23.6 Å². The maximum Gasteiger partial charge on any atom is 0.123 e. The zero-order chi connectivity index (χ0) is 12.4. The van der Waals surface area contributed by atoms with E-state index < -0.39 is 5.97 Å². The Kier molecular flexibility index (Phi) is 3.66. The highest BCUT2D eigenvalue weighted by Gasteiger charge is 2.07. The Morgan fingerprint density at radius 1 is 1.35 bits per heavy atom. The first-order valence-corrected chi connectivity index (χ1v) is 6.29. The number of hydrogen-bond donors (Lipinski definition) is 0. The molecule has 6 heteroatoms. The molecule has 0 amide bonds. The minimum Gasteiger partial charge on any atom is -0.550 e. The van der Waals surface area contributed by atoms with E-state index in [9.17, 15) is 9.90 Å². The van der Waals surface area contributed by atoms with Crippen LogP contribution in [0.4, 0.5) is 0 Å². The van der Waals surface area contributed by atoms with Crippen LogP contribution in [0.25, 0.3) is 10.6 Å². The normalized spacial score (nSPS) is 10.5. The number of halogens is 2. The second-order valence-electron chi connectivity index (χ2n) is 3.32. The number of benzene rings is 1. The molecule has 0 aliphatic rings. The lowest BCUT2D eigenvalue weighted by atomic mass is 10.2. The van der Waals surface area contributed by atoms with E-state index in [2.05, 4.69) is 4.98 Å². The molecule has 2 aromatic rings. The Labute approximate surface area is 112 Å². The van der Waals surface area contributed by atoms with E-state index in [-0.39, 0.29) is 6.42 Å². The maximum atomic E-state index is 10.4. The number of aliphatic carboxylic acids is 1. The van der Waals surface area contributed by atoms with E-state index in [1.807, 2.05) is 0 Å². The summed E-state index contributed by atoms with van der Waals surface area (Å²) in [5, 5.41) is 13.7. The van der Waals surface area contributed by atoms with Gasteiger partial charge in [0.2, 0.25) is 0 Å². The van der Waals surface area contributed by atoms with Crippen LogP contribution >= 0.6 is 34.5 Å². The van der Waals surface area contributed by atoms with Crippen LogP contribution in [0.3, 0.4) is 0 Å². The zero-order valence-electron chi connectivity index (χ0n) is 8.44. The van der Waals surface area contributed by atoms with Gasteiger partial charge in [-0.05, 0) is 12.1 Å². The smallest absolute Gasteiger partial charge is 0.123 e. The van der Waals surface area contributed by atoms with Gasteiger partial charge in [-0.15, -0.1) is 11.3 Å². The fraction of sp³-hybridized carbons (Fsp3) is 0.0909. The van der Waals surface area contributed by atoms with Crippen molar-refractivity contribution in [3.05, 3.63) is 39.3 Å². The maximum absolute atomic E-state index is 10.4. The van der Waals surface area contributed by atoms with Crippen LogP contribution in [0.5, 0.6) is 0 Å². The molecule has 17 heavy (non-hydrogen) atoms. The molecule has 0 radical (unpaired) electrons. The molecular weight excluding hydrogens is 281 g/mol. The Bertz CT molecular complexity index is 568. The Morgan fingerprint density at radius 3 is 2.76 bits per heavy atom. The third kappa shape index (κ3) is 2.97. The van der Waals surface area contributed by atoms with Crippen molar-refractivity contribution in [2.75, 3.05) is 0 Å². The molecule has 2 rings (SSSR count). The molecule has 0 bridgehead atoms. The van der Waals surface area contributed by atoms with Crippen molar-refractivity contribution < 1.29 is 9.90 Å². The van der Waals surface area contributed by atoms with E-state index in [0.717, 1.165) is 5.56 Å². The number of aromatic nitrogens is 1. The van der Waals surface area contributed by atoms with E-state index in [1.54, 1.807) is 23.6 Å². The summed E-state index contributed by atoms with van der Waals surface area (Å²) in [7, 11) is 0. The summed E-state index contributed by atoms with van der Waals surface area (Å²) >= 11 is 13.1. The lowest BCUT2D eigenvalue weighted by Gasteiger charge is -1.99. The van der Waals surface area contributed by atoms with E-state index in [1.165, 1.54) is 11.3 Å². The van der Waals surface area contributed by atoms with Crippen LogP contribution in [-0.2, 0) is 11.2 Å². The highest BCUT2D eigenvalue weighted by molar-refractivity contribution is 7.13. The molecule has 0 saturated carbocycles. The van der Waals surface area contributed by atoms with Crippen LogP contribution in [0, 0.1) is 0 Å². The summed E-state index contributed by atoms with van der Waals surface area (Å²) in [4.78, 5) is 14.6. The molecule has 0 saturated heterocycles. The summed E-state index contributed by atoms with van der Waals surface area (Å²) in [6.45, 7) is 0. The summed E-state index contributed by atoms with van der Waals surface area (Å²) in [6, 6.07) is 5.17. The molecule has 3 nitrogen and oxygen atoms in total. The van der Waals surface area contributed by atoms with Gasteiger partial charge in [0, 0.05) is 23.3 Å². The molecule has 88 valence electrons. The highest BCUT2D eigenvalue weighted by atomic mass is 35.5. The fourth-order valence-corrected chi connectivity index (χ4v) is 2.41. The lowest BCUT2D eigenvalue weighted by molar-refractivity contribution is -0.304. The van der Waals surface area contributed by atoms with Crippen molar-refractivity contribution in [3.8, 4) is 10.6 Å². The largest absolute Gasteiger partial charge is 0.550 e. The predicted molar refractivity (Wildman–Crippen MR) is 66.3 cm³/mol. The molecule has 0 aliphatic carbocycles. The van der Waals surface area contributed by atoms with Crippen molar-refractivity contribution in [3.63, 3.8) is 0 Å². The van der Waals surface area contributed by atoms with Crippen molar-refractivity contribution in [2.24, 2.45) is 0 Å². The molecule has 0 spiro atoms. The van der Waals surface area contributed by atoms with Gasteiger partial charge in [-0.2, -0.15) is 0 Å². The van der Waals surface area contributed by atoms with Crippen molar-refractivity contribution in [1.82, 2.24) is 4.98 Å².